The highest BCUT2D eigenvalue weighted by molar-refractivity contribution is 5.92. The Balaban J connectivity index is 1.91. The summed E-state index contributed by atoms with van der Waals surface area (Å²) in [5, 5.41) is 11.4. The molecule has 0 radical (unpaired) electrons. The summed E-state index contributed by atoms with van der Waals surface area (Å²) < 4.78 is 13.0. The van der Waals surface area contributed by atoms with Gasteiger partial charge in [-0.3, -0.25) is 4.79 Å². The maximum atomic E-state index is 13.0. The molecule has 0 atom stereocenters. The van der Waals surface area contributed by atoms with Crippen LogP contribution in [0.15, 0.2) is 42.5 Å². The van der Waals surface area contributed by atoms with Gasteiger partial charge in [-0.25, -0.2) is 9.37 Å². The Bertz CT molecular complexity index is 664. The first-order chi connectivity index (χ1) is 9.69. The van der Waals surface area contributed by atoms with Crippen LogP contribution < -0.4 is 5.32 Å². The molecule has 4 nitrogen and oxygen atoms in total. The van der Waals surface area contributed by atoms with E-state index in [1.807, 2.05) is 6.07 Å². The number of carbonyl (C=O) groups excluding carboxylic acids is 1. The van der Waals surface area contributed by atoms with Crippen molar-refractivity contribution in [3.05, 3.63) is 65.2 Å². The number of benzene rings is 1. The van der Waals surface area contributed by atoms with E-state index in [9.17, 15) is 9.18 Å². The molecule has 100 valence electrons. The summed E-state index contributed by atoms with van der Waals surface area (Å²) in [6.07, 6.45) is 0.529. The summed E-state index contributed by atoms with van der Waals surface area (Å²) >= 11 is 0. The molecule has 1 N–H and O–H groups in total. The maximum absolute atomic E-state index is 13.0. The van der Waals surface area contributed by atoms with Gasteiger partial charge >= 0.3 is 0 Å². The zero-order chi connectivity index (χ0) is 14.4. The lowest BCUT2D eigenvalue weighted by Gasteiger charge is -2.05. The fourth-order valence-corrected chi connectivity index (χ4v) is 1.73. The molecule has 0 aliphatic rings. The lowest BCUT2D eigenvalue weighted by atomic mass is 10.1. The number of pyridine rings is 1. The van der Waals surface area contributed by atoms with E-state index < -0.39 is 0 Å². The number of nitrogens with one attached hydrogen (secondary N) is 1. The zero-order valence-corrected chi connectivity index (χ0v) is 10.6. The van der Waals surface area contributed by atoms with Crippen molar-refractivity contribution < 1.29 is 9.18 Å². The van der Waals surface area contributed by atoms with Gasteiger partial charge in [0.05, 0.1) is 0 Å². The number of aromatic nitrogens is 1. The molecule has 1 heterocycles. The van der Waals surface area contributed by atoms with Gasteiger partial charge in [0, 0.05) is 6.54 Å². The first kappa shape index (κ1) is 13.7. The van der Waals surface area contributed by atoms with Gasteiger partial charge in [-0.05, 0) is 36.2 Å². The molecule has 0 bridgehead atoms. The largest absolute Gasteiger partial charge is 0.350 e. The Labute approximate surface area is 115 Å². The van der Waals surface area contributed by atoms with Crippen LogP contribution in [0.25, 0.3) is 0 Å². The van der Waals surface area contributed by atoms with Gasteiger partial charge in [0.15, 0.2) is 0 Å². The van der Waals surface area contributed by atoms with Crippen LogP contribution in [0.3, 0.4) is 0 Å². The number of rotatable bonds is 4. The number of amides is 1. The van der Waals surface area contributed by atoms with Gasteiger partial charge in [-0.1, -0.05) is 18.2 Å². The molecule has 20 heavy (non-hydrogen) atoms. The Kier molecular flexibility index (Phi) is 4.40. The van der Waals surface area contributed by atoms with E-state index in [0.717, 1.165) is 5.56 Å². The van der Waals surface area contributed by atoms with E-state index in [1.165, 1.54) is 18.2 Å². The predicted molar refractivity (Wildman–Crippen MR) is 71.4 cm³/mol. The molecule has 1 aromatic carbocycles. The van der Waals surface area contributed by atoms with E-state index in [1.54, 1.807) is 24.3 Å². The minimum absolute atomic E-state index is 0.197. The van der Waals surface area contributed by atoms with Crippen molar-refractivity contribution >= 4 is 5.91 Å². The summed E-state index contributed by atoms with van der Waals surface area (Å²) in [5.74, 6) is -0.643. The van der Waals surface area contributed by atoms with Crippen LogP contribution in [-0.4, -0.2) is 17.4 Å². The van der Waals surface area contributed by atoms with Crippen molar-refractivity contribution in [3.63, 3.8) is 0 Å². The molecular formula is C15H12FN3O. The summed E-state index contributed by atoms with van der Waals surface area (Å²) in [6, 6.07) is 12.8. The monoisotopic (exact) mass is 269 g/mol. The minimum atomic E-state index is -0.349. The maximum Gasteiger partial charge on any atom is 0.269 e. The average molecular weight is 269 g/mol. The number of nitriles is 1. The topological polar surface area (TPSA) is 65.8 Å². The highest BCUT2D eigenvalue weighted by atomic mass is 19.1. The molecule has 1 amide bonds. The van der Waals surface area contributed by atoms with E-state index in [2.05, 4.69) is 10.3 Å². The van der Waals surface area contributed by atoms with Gasteiger partial charge in [-0.2, -0.15) is 5.26 Å². The molecular weight excluding hydrogens is 257 g/mol. The molecule has 2 rings (SSSR count). The summed E-state index contributed by atoms with van der Waals surface area (Å²) in [7, 11) is 0. The molecule has 1 aromatic heterocycles. The Morgan fingerprint density at radius 3 is 2.85 bits per heavy atom. The van der Waals surface area contributed by atoms with Crippen molar-refractivity contribution in [2.45, 2.75) is 6.42 Å². The van der Waals surface area contributed by atoms with Crippen LogP contribution in [-0.2, 0) is 6.42 Å². The molecule has 0 saturated heterocycles. The average Bonchev–Trinajstić information content (AvgIpc) is 2.47. The van der Waals surface area contributed by atoms with Crippen LogP contribution in [0.2, 0.25) is 0 Å². The quantitative estimate of drug-likeness (QED) is 0.924. The van der Waals surface area contributed by atoms with E-state index in [4.69, 9.17) is 5.26 Å². The van der Waals surface area contributed by atoms with Crippen molar-refractivity contribution in [2.24, 2.45) is 0 Å². The molecule has 0 spiro atoms. The highest BCUT2D eigenvalue weighted by Gasteiger charge is 2.07. The third kappa shape index (κ3) is 3.62. The highest BCUT2D eigenvalue weighted by Crippen LogP contribution is 2.04. The number of nitrogens with zero attached hydrogens (tertiary/aromatic N) is 2. The van der Waals surface area contributed by atoms with Gasteiger partial charge in [0.1, 0.15) is 23.3 Å². The normalized spacial score (nSPS) is 9.80. The first-order valence-corrected chi connectivity index (χ1v) is 6.09. The first-order valence-electron chi connectivity index (χ1n) is 6.09. The fourth-order valence-electron chi connectivity index (χ4n) is 1.73. The van der Waals surface area contributed by atoms with Crippen LogP contribution in [0.4, 0.5) is 4.39 Å². The van der Waals surface area contributed by atoms with E-state index >= 15 is 0 Å². The summed E-state index contributed by atoms with van der Waals surface area (Å²) in [5.41, 5.74) is 1.20. The number of carbonyl (C=O) groups is 1. The molecule has 5 heteroatoms. The standard InChI is InChI=1S/C15H12FN3O/c16-12-4-1-3-11(9-12)7-8-18-15(20)14-6-2-5-13(10-17)19-14/h1-6,9H,7-8H2,(H,18,20). The predicted octanol–water partition coefficient (Wildman–Crippen LogP) is 2.06. The minimum Gasteiger partial charge on any atom is -0.350 e. The van der Waals surface area contributed by atoms with Crippen molar-refractivity contribution in [1.82, 2.24) is 10.3 Å². The second-order valence-electron chi connectivity index (χ2n) is 4.16. The third-order valence-electron chi connectivity index (χ3n) is 2.68. The van der Waals surface area contributed by atoms with Crippen LogP contribution in [0, 0.1) is 17.1 Å². The molecule has 0 aliphatic heterocycles. The number of hydrogen-bond acceptors (Lipinski definition) is 3. The lowest BCUT2D eigenvalue weighted by molar-refractivity contribution is 0.0949. The van der Waals surface area contributed by atoms with Crippen molar-refractivity contribution in [2.75, 3.05) is 6.54 Å². The Morgan fingerprint density at radius 2 is 2.10 bits per heavy atom. The number of hydrogen-bond donors (Lipinski definition) is 1. The molecule has 0 fully saturated rings. The molecule has 0 unspecified atom stereocenters. The second-order valence-corrected chi connectivity index (χ2v) is 4.16. The second kappa shape index (κ2) is 6.43. The number of halogens is 1. The van der Waals surface area contributed by atoms with Gasteiger partial charge in [0.25, 0.3) is 5.91 Å². The summed E-state index contributed by atoms with van der Waals surface area (Å²) in [4.78, 5) is 15.7. The van der Waals surface area contributed by atoms with Gasteiger partial charge in [0.2, 0.25) is 0 Å². The third-order valence-corrected chi connectivity index (χ3v) is 2.68. The van der Waals surface area contributed by atoms with Crippen LogP contribution >= 0.6 is 0 Å². The van der Waals surface area contributed by atoms with Gasteiger partial charge < -0.3 is 5.32 Å². The zero-order valence-electron chi connectivity index (χ0n) is 10.6. The van der Waals surface area contributed by atoms with E-state index in [-0.39, 0.29) is 23.1 Å². The van der Waals surface area contributed by atoms with Crippen LogP contribution in [0.1, 0.15) is 21.7 Å². The van der Waals surface area contributed by atoms with Crippen molar-refractivity contribution in [1.29, 1.82) is 5.26 Å². The molecule has 0 aliphatic carbocycles. The molecule has 2 aromatic rings. The molecule has 0 saturated carbocycles. The van der Waals surface area contributed by atoms with Gasteiger partial charge in [-0.15, -0.1) is 0 Å². The SMILES string of the molecule is N#Cc1cccc(C(=O)NCCc2cccc(F)c2)n1. The Hall–Kier alpha value is -2.74. The Morgan fingerprint density at radius 1 is 1.30 bits per heavy atom. The lowest BCUT2D eigenvalue weighted by Crippen LogP contribution is -2.26. The fraction of sp³-hybridized carbons (Fsp3) is 0.133. The van der Waals surface area contributed by atoms with Crippen LogP contribution in [0.5, 0.6) is 0 Å². The van der Waals surface area contributed by atoms with E-state index in [0.29, 0.717) is 13.0 Å². The van der Waals surface area contributed by atoms with Crippen molar-refractivity contribution in [3.8, 4) is 6.07 Å². The smallest absolute Gasteiger partial charge is 0.269 e. The summed E-state index contributed by atoms with van der Waals surface area (Å²) in [6.45, 7) is 0.376.